The number of hydrogen-bond acceptors (Lipinski definition) is 3. The summed E-state index contributed by atoms with van der Waals surface area (Å²) < 4.78 is 95.0. The topological polar surface area (TPSA) is 59.4 Å². The van der Waals surface area contributed by atoms with Crippen LogP contribution in [0.2, 0.25) is 0 Å². The molecule has 11 heteroatoms. The molecule has 0 N–H and O–H groups in total. The maximum Gasteiger partial charge on any atom is 0.417 e. The van der Waals surface area contributed by atoms with Crippen LogP contribution in [0, 0.1) is 11.3 Å². The molecule has 0 spiro atoms. The van der Waals surface area contributed by atoms with Gasteiger partial charge in [-0.3, -0.25) is 9.97 Å². The quantitative estimate of drug-likeness (QED) is 0.150. The number of nitriles is 1. The van der Waals surface area contributed by atoms with Crippen molar-refractivity contribution in [1.29, 1.82) is 5.26 Å². The van der Waals surface area contributed by atoms with Crippen molar-refractivity contribution in [3.8, 4) is 73.3 Å². The van der Waals surface area contributed by atoms with E-state index in [1.165, 1.54) is 12.1 Å². The van der Waals surface area contributed by atoms with Gasteiger partial charge in [0.1, 0.15) is 11.6 Å². The molecule has 12 aromatic rings. The summed E-state index contributed by atoms with van der Waals surface area (Å²) in [6.45, 7) is 0. The van der Waals surface area contributed by atoms with Gasteiger partial charge < -0.3 is 9.13 Å². The second kappa shape index (κ2) is 17.0. The van der Waals surface area contributed by atoms with E-state index in [0.29, 0.717) is 34.2 Å². The van der Waals surface area contributed by atoms with Gasteiger partial charge in [-0.2, -0.15) is 31.6 Å². The first kappa shape index (κ1) is 44.0. The van der Waals surface area contributed by atoms with E-state index < -0.39 is 29.0 Å². The van der Waals surface area contributed by atoms with Crippen molar-refractivity contribution in [2.75, 3.05) is 0 Å². The van der Waals surface area contributed by atoms with Crippen LogP contribution in [-0.4, -0.2) is 19.1 Å². The molecule has 0 aliphatic heterocycles. The summed E-state index contributed by atoms with van der Waals surface area (Å²) in [5.74, 6) is 0. The number of halogens is 6. The number of aromatic nitrogens is 4. The van der Waals surface area contributed by atoms with E-state index in [0.717, 1.165) is 72.4 Å². The van der Waals surface area contributed by atoms with Gasteiger partial charge in [-0.05, 0) is 77.4 Å². The fourth-order valence-corrected chi connectivity index (χ4v) is 10.1. The van der Waals surface area contributed by atoms with Crippen molar-refractivity contribution in [1.82, 2.24) is 19.1 Å². The molecule has 0 fully saturated rings. The second-order valence-electron chi connectivity index (χ2n) is 17.5. The van der Waals surface area contributed by atoms with Crippen LogP contribution in [0.15, 0.2) is 213 Å². The first-order valence-corrected chi connectivity index (χ1v) is 22.9. The minimum atomic E-state index is -5.19. The number of hydrogen-bond donors (Lipinski definition) is 0. The molecule has 0 amide bonds. The third kappa shape index (κ3) is 7.43. The van der Waals surface area contributed by atoms with Crippen LogP contribution in [0.5, 0.6) is 0 Å². The lowest BCUT2D eigenvalue weighted by molar-refractivity contribution is -0.142. The minimum absolute atomic E-state index is 0.0145. The summed E-state index contributed by atoms with van der Waals surface area (Å²) in [7, 11) is 0. The average Bonchev–Trinajstić information content (AvgIpc) is 3.92. The minimum Gasteiger partial charge on any atom is -0.308 e. The first-order valence-electron chi connectivity index (χ1n) is 22.9. The van der Waals surface area contributed by atoms with E-state index in [1.54, 1.807) is 33.7 Å². The van der Waals surface area contributed by atoms with Crippen LogP contribution in [0.1, 0.15) is 16.7 Å². The molecule has 12 rings (SSSR count). The lowest BCUT2D eigenvalue weighted by Gasteiger charge is -2.22. The van der Waals surface area contributed by atoms with Crippen molar-refractivity contribution in [3.63, 3.8) is 0 Å². The van der Waals surface area contributed by atoms with Gasteiger partial charge >= 0.3 is 12.4 Å². The molecular formula is C61H35F6N5. The Bertz CT molecular complexity index is 3860. The molecule has 72 heavy (non-hydrogen) atoms. The number of nitrogens with zero attached hydrogens (tertiary/aromatic N) is 5. The van der Waals surface area contributed by atoms with Crippen molar-refractivity contribution in [2.45, 2.75) is 12.4 Å². The number of benzene rings is 8. The number of alkyl halides is 6. The van der Waals surface area contributed by atoms with Crippen molar-refractivity contribution >= 4 is 43.6 Å². The van der Waals surface area contributed by atoms with E-state index in [2.05, 4.69) is 6.07 Å². The molecule has 0 aliphatic carbocycles. The fourth-order valence-electron chi connectivity index (χ4n) is 10.1. The van der Waals surface area contributed by atoms with E-state index in [-0.39, 0.29) is 22.5 Å². The third-order valence-electron chi connectivity index (χ3n) is 13.3. The molecule has 0 radical (unpaired) electrons. The highest BCUT2D eigenvalue weighted by molar-refractivity contribution is 6.12. The Morgan fingerprint density at radius 2 is 0.764 bits per heavy atom. The Morgan fingerprint density at radius 1 is 0.361 bits per heavy atom. The summed E-state index contributed by atoms with van der Waals surface area (Å²) in [5, 5.41) is 14.6. The summed E-state index contributed by atoms with van der Waals surface area (Å²) in [5.41, 5.74) is 4.54. The fraction of sp³-hybridized carbons (Fsp3) is 0.0328. The molecule has 0 saturated heterocycles. The zero-order valence-electron chi connectivity index (χ0n) is 37.7. The number of rotatable bonds is 7. The van der Waals surface area contributed by atoms with E-state index in [9.17, 15) is 5.26 Å². The van der Waals surface area contributed by atoms with E-state index in [4.69, 9.17) is 9.97 Å². The SMILES string of the molecule is N#Cc1c(-n2c3ccccc3c3ccc(-c4ccc(-c5ccccc5)nc4)cc32)cc(-c2c(C(F)(F)F)cccc2C(F)(F)F)cc1-n1c2ccccc2c2ccc(-c3ccc(-c4ccccc4)nc3)cc21. The molecule has 4 aromatic heterocycles. The zero-order chi connectivity index (χ0) is 49.3. The standard InChI is InChI=1S/C61H35F6N5/c62-60(63,64)49-18-11-19-50(61(65,66)67)59(49)43-32-57(71-53-20-9-7-16-44(53)46-26-22-39(30-55(46)71)41-24-28-51(69-35-41)37-12-3-1-4-13-37)48(34-68)58(33-43)72-54-21-10-8-17-45(54)47-27-23-40(31-56(47)72)42-25-29-52(70-36-42)38-14-5-2-6-15-38/h1-33,35-36H. The predicted octanol–water partition coefficient (Wildman–Crippen LogP) is 16.9. The van der Waals surface area contributed by atoms with Gasteiger partial charge in [0.15, 0.2) is 0 Å². The van der Waals surface area contributed by atoms with Crippen LogP contribution in [0.3, 0.4) is 0 Å². The molecule has 0 unspecified atom stereocenters. The molecule has 5 nitrogen and oxygen atoms in total. The highest BCUT2D eigenvalue weighted by Gasteiger charge is 2.41. The van der Waals surface area contributed by atoms with Crippen molar-refractivity contribution in [2.24, 2.45) is 0 Å². The van der Waals surface area contributed by atoms with E-state index in [1.807, 2.05) is 158 Å². The van der Waals surface area contributed by atoms with Crippen LogP contribution in [0.25, 0.3) is 111 Å². The van der Waals surface area contributed by atoms with Gasteiger partial charge in [-0.1, -0.05) is 140 Å². The summed E-state index contributed by atoms with van der Waals surface area (Å²) in [6.07, 6.45) is -6.87. The molecular weight excluding hydrogens is 917 g/mol. The Labute approximate surface area is 407 Å². The largest absolute Gasteiger partial charge is 0.417 e. The lowest BCUT2D eigenvalue weighted by atomic mass is 9.91. The van der Waals surface area contributed by atoms with Crippen molar-refractivity contribution < 1.29 is 26.3 Å². The normalized spacial score (nSPS) is 12.0. The molecule has 0 atom stereocenters. The maximum atomic E-state index is 15.2. The smallest absolute Gasteiger partial charge is 0.308 e. The van der Waals surface area contributed by atoms with Gasteiger partial charge in [0.2, 0.25) is 0 Å². The Kier molecular flexibility index (Phi) is 10.4. The average molecular weight is 952 g/mol. The van der Waals surface area contributed by atoms with Crippen LogP contribution < -0.4 is 0 Å². The zero-order valence-corrected chi connectivity index (χ0v) is 37.7. The van der Waals surface area contributed by atoms with Crippen molar-refractivity contribution in [3.05, 3.63) is 229 Å². The molecule has 0 saturated carbocycles. The Hall–Kier alpha value is -9.27. The van der Waals surface area contributed by atoms with Crippen LogP contribution in [-0.2, 0) is 12.4 Å². The molecule has 8 aromatic carbocycles. The number of para-hydroxylation sites is 2. The first-order chi connectivity index (χ1) is 34.9. The lowest BCUT2D eigenvalue weighted by Crippen LogP contribution is -2.15. The third-order valence-corrected chi connectivity index (χ3v) is 13.3. The Morgan fingerprint density at radius 3 is 1.17 bits per heavy atom. The van der Waals surface area contributed by atoms with Gasteiger partial charge in [0.05, 0.1) is 56.0 Å². The molecule has 346 valence electrons. The van der Waals surface area contributed by atoms with Gasteiger partial charge in [0, 0.05) is 61.8 Å². The van der Waals surface area contributed by atoms with Crippen LogP contribution in [0.4, 0.5) is 26.3 Å². The number of pyridine rings is 2. The highest BCUT2D eigenvalue weighted by atomic mass is 19.4. The van der Waals surface area contributed by atoms with Gasteiger partial charge in [-0.25, -0.2) is 0 Å². The summed E-state index contributed by atoms with van der Waals surface area (Å²) in [4.78, 5) is 9.50. The van der Waals surface area contributed by atoms with Crippen LogP contribution >= 0.6 is 0 Å². The van der Waals surface area contributed by atoms with Gasteiger partial charge in [0.25, 0.3) is 0 Å². The Balaban J connectivity index is 1.16. The summed E-state index contributed by atoms with van der Waals surface area (Å²) >= 11 is 0. The highest BCUT2D eigenvalue weighted by Crippen LogP contribution is 2.48. The summed E-state index contributed by atoms with van der Waals surface area (Å²) in [6, 6.07) is 60.6. The second-order valence-corrected chi connectivity index (χ2v) is 17.5. The monoisotopic (exact) mass is 951 g/mol. The molecule has 4 heterocycles. The predicted molar refractivity (Wildman–Crippen MR) is 273 cm³/mol. The molecule has 0 aliphatic rings. The maximum absolute atomic E-state index is 15.2. The van der Waals surface area contributed by atoms with Gasteiger partial charge in [-0.15, -0.1) is 0 Å². The molecule has 0 bridgehead atoms. The van der Waals surface area contributed by atoms with E-state index >= 15 is 26.3 Å². The number of fused-ring (bicyclic) bond motifs is 6.